The van der Waals surface area contributed by atoms with Gasteiger partial charge in [-0.2, -0.15) is 0 Å². The van der Waals surface area contributed by atoms with Crippen molar-refractivity contribution < 1.29 is 4.42 Å². The van der Waals surface area contributed by atoms with E-state index < -0.39 is 0 Å². The molecule has 4 nitrogen and oxygen atoms in total. The minimum atomic E-state index is 0.628. The monoisotopic (exact) mass is 871 g/mol. The van der Waals surface area contributed by atoms with E-state index in [0.29, 0.717) is 5.82 Å². The van der Waals surface area contributed by atoms with Gasteiger partial charge in [0, 0.05) is 52.8 Å². The number of hydrogen-bond donors (Lipinski definition) is 0. The van der Waals surface area contributed by atoms with Crippen molar-refractivity contribution in [3.05, 3.63) is 186 Å². The number of fused-ring (bicyclic) bond motifs is 9. The molecule has 0 bridgehead atoms. The van der Waals surface area contributed by atoms with Crippen LogP contribution in [0.1, 0.15) is 0 Å². The highest BCUT2D eigenvalue weighted by molar-refractivity contribution is 14.1. The van der Waals surface area contributed by atoms with Crippen molar-refractivity contribution in [2.45, 2.75) is 0 Å². The van der Waals surface area contributed by atoms with Gasteiger partial charge in [-0.25, -0.2) is 9.97 Å². The lowest BCUT2D eigenvalue weighted by Crippen LogP contribution is -2.06. The molecule has 0 atom stereocenters. The minimum Gasteiger partial charge on any atom is -0.456 e. The standard InChI is InChI=1S/C52H30IN3OS/c53-49-50(34-19-13-18-33(26-34)31-14-3-1-4-15-31)54-51(35-27-39(32-16-5-2-6-17-32)48-38-22-8-11-24-44(38)57-45(48)28-35)55-52(49)56-42-23-10-7-20-36(42)40-30-47-41(29-43(40)56)37-21-9-12-25-46(37)58-47/h1-30H. The lowest BCUT2D eigenvalue weighted by atomic mass is 9.96. The molecule has 4 heterocycles. The van der Waals surface area contributed by atoms with Crippen molar-refractivity contribution in [1.29, 1.82) is 0 Å². The highest BCUT2D eigenvalue weighted by Crippen LogP contribution is 2.44. The molecule has 0 fully saturated rings. The Hall–Kier alpha value is -6.61. The predicted molar refractivity (Wildman–Crippen MR) is 251 cm³/mol. The summed E-state index contributed by atoms with van der Waals surface area (Å²) < 4.78 is 12.5. The lowest BCUT2D eigenvalue weighted by Gasteiger charge is -2.16. The first-order valence-electron chi connectivity index (χ1n) is 19.3. The number of nitrogens with zero attached hydrogens (tertiary/aromatic N) is 3. The Kier molecular flexibility index (Phi) is 7.65. The third kappa shape index (κ3) is 5.25. The van der Waals surface area contributed by atoms with E-state index in [-0.39, 0.29) is 0 Å². The Morgan fingerprint density at radius 3 is 1.98 bits per heavy atom. The summed E-state index contributed by atoms with van der Waals surface area (Å²) in [5.41, 5.74) is 11.1. The number of aromatic nitrogens is 3. The second kappa shape index (κ2) is 13.2. The van der Waals surface area contributed by atoms with E-state index in [9.17, 15) is 0 Å². The Bertz CT molecular complexity index is 3590. The van der Waals surface area contributed by atoms with Crippen molar-refractivity contribution in [3.8, 4) is 50.7 Å². The summed E-state index contributed by atoms with van der Waals surface area (Å²) in [6.45, 7) is 0. The van der Waals surface area contributed by atoms with Crippen LogP contribution in [0.5, 0.6) is 0 Å². The quantitative estimate of drug-likeness (QED) is 0.162. The fourth-order valence-corrected chi connectivity index (χ4v) is 10.5. The lowest BCUT2D eigenvalue weighted by molar-refractivity contribution is 0.669. The van der Waals surface area contributed by atoms with Gasteiger partial charge in [0.1, 0.15) is 11.2 Å². The second-order valence-electron chi connectivity index (χ2n) is 14.7. The predicted octanol–water partition coefficient (Wildman–Crippen LogP) is 15.1. The molecule has 0 spiro atoms. The van der Waals surface area contributed by atoms with Crippen LogP contribution in [-0.4, -0.2) is 14.5 Å². The summed E-state index contributed by atoms with van der Waals surface area (Å²) in [7, 11) is 0. The van der Waals surface area contributed by atoms with Crippen LogP contribution in [0.4, 0.5) is 0 Å². The summed E-state index contributed by atoms with van der Waals surface area (Å²) >= 11 is 4.33. The summed E-state index contributed by atoms with van der Waals surface area (Å²) in [4.78, 5) is 11.1. The van der Waals surface area contributed by atoms with Gasteiger partial charge in [-0.3, -0.25) is 4.57 Å². The summed E-state index contributed by atoms with van der Waals surface area (Å²) in [5, 5.41) is 7.08. The van der Waals surface area contributed by atoms with Gasteiger partial charge in [0.25, 0.3) is 0 Å². The zero-order valence-electron chi connectivity index (χ0n) is 30.9. The largest absolute Gasteiger partial charge is 0.456 e. The van der Waals surface area contributed by atoms with Crippen LogP contribution >= 0.6 is 33.9 Å². The van der Waals surface area contributed by atoms with E-state index >= 15 is 0 Å². The van der Waals surface area contributed by atoms with Gasteiger partial charge in [0.05, 0.1) is 20.3 Å². The van der Waals surface area contributed by atoms with Gasteiger partial charge in [-0.05, 0) is 93.4 Å². The molecular formula is C52H30IN3OS. The van der Waals surface area contributed by atoms with Gasteiger partial charge in [0.2, 0.25) is 0 Å². The van der Waals surface area contributed by atoms with Crippen LogP contribution < -0.4 is 0 Å². The minimum absolute atomic E-state index is 0.628. The van der Waals surface area contributed by atoms with Gasteiger partial charge in [-0.15, -0.1) is 11.3 Å². The van der Waals surface area contributed by atoms with Crippen molar-refractivity contribution in [2.24, 2.45) is 0 Å². The van der Waals surface area contributed by atoms with E-state index in [2.05, 4.69) is 197 Å². The third-order valence-electron chi connectivity index (χ3n) is 11.3. The van der Waals surface area contributed by atoms with Crippen LogP contribution in [0.15, 0.2) is 186 Å². The molecule has 0 saturated heterocycles. The average Bonchev–Trinajstić information content (AvgIpc) is 3.95. The van der Waals surface area contributed by atoms with E-state index in [1.807, 2.05) is 23.5 Å². The van der Waals surface area contributed by atoms with Crippen molar-refractivity contribution in [3.63, 3.8) is 0 Å². The number of thiophene rings is 1. The number of rotatable bonds is 5. The van der Waals surface area contributed by atoms with Crippen LogP contribution in [0.3, 0.4) is 0 Å². The zero-order valence-corrected chi connectivity index (χ0v) is 33.8. The highest BCUT2D eigenvalue weighted by atomic mass is 127. The van der Waals surface area contributed by atoms with Crippen LogP contribution in [0, 0.1) is 3.57 Å². The highest BCUT2D eigenvalue weighted by Gasteiger charge is 2.24. The summed E-state index contributed by atoms with van der Waals surface area (Å²) in [5.74, 6) is 1.46. The topological polar surface area (TPSA) is 43.9 Å². The summed E-state index contributed by atoms with van der Waals surface area (Å²) in [6.07, 6.45) is 0. The van der Waals surface area contributed by atoms with Crippen LogP contribution in [0.2, 0.25) is 0 Å². The Balaban J connectivity index is 1.18. The number of benzene rings is 8. The first kappa shape index (κ1) is 33.5. The van der Waals surface area contributed by atoms with Crippen molar-refractivity contribution >= 4 is 97.8 Å². The van der Waals surface area contributed by atoms with Crippen molar-refractivity contribution in [1.82, 2.24) is 14.5 Å². The van der Waals surface area contributed by atoms with E-state index in [4.69, 9.17) is 14.4 Å². The summed E-state index contributed by atoms with van der Waals surface area (Å²) in [6, 6.07) is 64.6. The van der Waals surface area contributed by atoms with E-state index in [0.717, 1.165) is 81.4 Å². The number of hydrogen-bond acceptors (Lipinski definition) is 4. The fourth-order valence-electron chi connectivity index (χ4n) is 8.62. The van der Waals surface area contributed by atoms with Gasteiger partial charge in [0.15, 0.2) is 11.6 Å². The fraction of sp³-hybridized carbons (Fsp3) is 0. The van der Waals surface area contributed by atoms with Gasteiger partial charge >= 0.3 is 0 Å². The average molecular weight is 872 g/mol. The van der Waals surface area contributed by atoms with Crippen LogP contribution in [-0.2, 0) is 0 Å². The normalized spacial score (nSPS) is 11.9. The molecule has 0 aliphatic carbocycles. The zero-order chi connectivity index (χ0) is 38.3. The Morgan fingerprint density at radius 1 is 0.448 bits per heavy atom. The maximum absolute atomic E-state index is 6.60. The van der Waals surface area contributed by atoms with E-state index in [1.165, 1.54) is 30.9 Å². The molecule has 12 rings (SSSR count). The molecule has 6 heteroatoms. The number of para-hydroxylation sites is 2. The number of furan rings is 1. The molecule has 58 heavy (non-hydrogen) atoms. The molecule has 0 aliphatic rings. The van der Waals surface area contributed by atoms with Gasteiger partial charge in [-0.1, -0.05) is 133 Å². The van der Waals surface area contributed by atoms with E-state index in [1.54, 1.807) is 0 Å². The molecule has 12 aromatic rings. The molecular weight excluding hydrogens is 842 g/mol. The van der Waals surface area contributed by atoms with Gasteiger partial charge < -0.3 is 4.42 Å². The Labute approximate surface area is 350 Å². The smallest absolute Gasteiger partial charge is 0.162 e. The molecule has 0 N–H and O–H groups in total. The molecule has 0 radical (unpaired) electrons. The molecule has 0 amide bonds. The molecule has 4 aromatic heterocycles. The molecule has 272 valence electrons. The molecule has 0 saturated carbocycles. The molecule has 0 aliphatic heterocycles. The van der Waals surface area contributed by atoms with Crippen molar-refractivity contribution in [2.75, 3.05) is 0 Å². The molecule has 0 unspecified atom stereocenters. The maximum Gasteiger partial charge on any atom is 0.162 e. The first-order valence-corrected chi connectivity index (χ1v) is 21.2. The maximum atomic E-state index is 6.60. The third-order valence-corrected chi connectivity index (χ3v) is 13.4. The van der Waals surface area contributed by atoms with Crippen LogP contribution in [0.25, 0.3) is 115 Å². The first-order chi connectivity index (χ1) is 28.7. The number of halogens is 1. The second-order valence-corrected chi connectivity index (χ2v) is 16.8. The Morgan fingerprint density at radius 2 is 1.14 bits per heavy atom. The SMILES string of the molecule is Ic1c(-c2cccc(-c3ccccc3)c2)nc(-c2cc(-c3ccccc3)c3c(c2)oc2ccccc23)nc1-n1c2ccccc2c2cc3sc4ccccc4c3cc21. The molecule has 8 aromatic carbocycles.